The molecule has 0 fully saturated rings. The number of benzene rings is 2. The van der Waals surface area contributed by atoms with Crippen molar-refractivity contribution in [2.24, 2.45) is 0 Å². The van der Waals surface area contributed by atoms with Crippen LogP contribution in [0.3, 0.4) is 0 Å². The third-order valence-corrected chi connectivity index (χ3v) is 4.67. The van der Waals surface area contributed by atoms with E-state index in [1.54, 1.807) is 41.3 Å². The van der Waals surface area contributed by atoms with Gasteiger partial charge >= 0.3 is 0 Å². The van der Waals surface area contributed by atoms with E-state index < -0.39 is 0 Å². The molecule has 4 rings (SSSR count). The maximum absolute atomic E-state index is 12.9. The van der Waals surface area contributed by atoms with E-state index in [1.165, 1.54) is 0 Å². The Morgan fingerprint density at radius 2 is 1.86 bits per heavy atom. The maximum atomic E-state index is 12.9. The first kappa shape index (κ1) is 18.1. The number of aromatic nitrogens is 1. The SMILES string of the molecule is O=C(c1ccccc1)N(CCCO)Cc1cc2cc3c(cc2[nH]c1=O)OCO3. The highest BCUT2D eigenvalue weighted by atomic mass is 16.7. The fraction of sp³-hybridized carbons (Fsp3) is 0.238. The summed E-state index contributed by atoms with van der Waals surface area (Å²) in [6.45, 7) is 0.621. The lowest BCUT2D eigenvalue weighted by Gasteiger charge is -2.22. The van der Waals surface area contributed by atoms with Gasteiger partial charge in [0.15, 0.2) is 11.5 Å². The number of aliphatic hydroxyl groups excluding tert-OH is 1. The van der Waals surface area contributed by atoms with E-state index in [0.717, 1.165) is 5.39 Å². The summed E-state index contributed by atoms with van der Waals surface area (Å²) in [6.07, 6.45) is 0.433. The molecule has 1 amide bonds. The number of nitrogens with one attached hydrogen (secondary N) is 1. The molecule has 0 atom stereocenters. The number of hydrogen-bond acceptors (Lipinski definition) is 5. The second-order valence-corrected chi connectivity index (χ2v) is 6.59. The largest absolute Gasteiger partial charge is 0.454 e. The Bertz CT molecular complexity index is 1060. The zero-order valence-corrected chi connectivity index (χ0v) is 15.2. The molecule has 0 saturated heterocycles. The zero-order chi connectivity index (χ0) is 19.5. The summed E-state index contributed by atoms with van der Waals surface area (Å²) >= 11 is 0. The van der Waals surface area contributed by atoms with Gasteiger partial charge in [-0.2, -0.15) is 0 Å². The zero-order valence-electron chi connectivity index (χ0n) is 15.2. The number of amides is 1. The lowest BCUT2D eigenvalue weighted by molar-refractivity contribution is 0.0731. The summed E-state index contributed by atoms with van der Waals surface area (Å²) < 4.78 is 10.7. The van der Waals surface area contributed by atoms with Gasteiger partial charge in [-0.1, -0.05) is 18.2 Å². The van der Waals surface area contributed by atoms with Gasteiger partial charge < -0.3 is 24.5 Å². The molecule has 1 aliphatic rings. The Morgan fingerprint density at radius 3 is 2.61 bits per heavy atom. The van der Waals surface area contributed by atoms with Crippen LogP contribution in [0, 0.1) is 0 Å². The van der Waals surface area contributed by atoms with Crippen LogP contribution >= 0.6 is 0 Å². The van der Waals surface area contributed by atoms with Crippen LogP contribution < -0.4 is 15.0 Å². The highest BCUT2D eigenvalue weighted by Crippen LogP contribution is 2.35. The minimum atomic E-state index is -0.263. The number of ether oxygens (including phenoxy) is 2. The highest BCUT2D eigenvalue weighted by molar-refractivity contribution is 5.94. The van der Waals surface area contributed by atoms with Crippen molar-refractivity contribution in [3.05, 3.63) is 70.0 Å². The van der Waals surface area contributed by atoms with Crippen molar-refractivity contribution < 1.29 is 19.4 Å². The van der Waals surface area contributed by atoms with E-state index >= 15 is 0 Å². The van der Waals surface area contributed by atoms with E-state index in [4.69, 9.17) is 9.47 Å². The number of nitrogens with zero attached hydrogens (tertiary/aromatic N) is 1. The topological polar surface area (TPSA) is 91.9 Å². The molecule has 1 aromatic heterocycles. The van der Waals surface area contributed by atoms with Gasteiger partial charge in [-0.25, -0.2) is 0 Å². The van der Waals surface area contributed by atoms with Crippen molar-refractivity contribution in [3.8, 4) is 11.5 Å². The Balaban J connectivity index is 1.66. The molecule has 7 nitrogen and oxygen atoms in total. The number of H-pyrrole nitrogens is 1. The standard InChI is InChI=1S/C21H20N2O5/c24-8-4-7-23(21(26)14-5-2-1-3-6-14)12-16-9-15-10-18-19(28-13-27-18)11-17(15)22-20(16)25/h1-3,5-6,9-11,24H,4,7-8,12-13H2,(H,22,25). The Morgan fingerprint density at radius 1 is 1.11 bits per heavy atom. The van der Waals surface area contributed by atoms with Crippen molar-refractivity contribution in [1.29, 1.82) is 0 Å². The Labute approximate surface area is 161 Å². The monoisotopic (exact) mass is 380 g/mol. The molecule has 0 saturated carbocycles. The molecule has 7 heteroatoms. The predicted octanol–water partition coefficient (Wildman–Crippen LogP) is 2.28. The fourth-order valence-electron chi connectivity index (χ4n) is 3.24. The molecule has 0 aliphatic carbocycles. The van der Waals surface area contributed by atoms with Crippen LogP contribution in [-0.4, -0.2) is 40.8 Å². The third-order valence-electron chi connectivity index (χ3n) is 4.67. The van der Waals surface area contributed by atoms with Gasteiger partial charge in [0.1, 0.15) is 0 Å². The van der Waals surface area contributed by atoms with Gasteiger partial charge in [0.2, 0.25) is 6.79 Å². The van der Waals surface area contributed by atoms with Crippen LogP contribution in [0.15, 0.2) is 53.3 Å². The molecule has 0 bridgehead atoms. The lowest BCUT2D eigenvalue weighted by Crippen LogP contribution is -2.34. The molecule has 28 heavy (non-hydrogen) atoms. The molecule has 144 valence electrons. The number of carbonyl (C=O) groups excluding carboxylic acids is 1. The minimum Gasteiger partial charge on any atom is -0.454 e. The molecule has 2 aromatic carbocycles. The molecule has 2 heterocycles. The summed E-state index contributed by atoms with van der Waals surface area (Å²) in [6, 6.07) is 14.2. The molecular weight excluding hydrogens is 360 g/mol. The summed E-state index contributed by atoms with van der Waals surface area (Å²) in [5.41, 5.74) is 1.39. The summed E-state index contributed by atoms with van der Waals surface area (Å²) in [5.74, 6) is 1.04. The van der Waals surface area contributed by atoms with Crippen molar-refractivity contribution >= 4 is 16.8 Å². The lowest BCUT2D eigenvalue weighted by atomic mass is 10.1. The van der Waals surface area contributed by atoms with Gasteiger partial charge in [0.05, 0.1) is 12.1 Å². The van der Waals surface area contributed by atoms with E-state index in [1.807, 2.05) is 12.1 Å². The molecule has 0 unspecified atom stereocenters. The van der Waals surface area contributed by atoms with E-state index in [-0.39, 0.29) is 31.4 Å². The number of fused-ring (bicyclic) bond motifs is 2. The smallest absolute Gasteiger partial charge is 0.254 e. The van der Waals surface area contributed by atoms with Crippen LogP contribution in [0.2, 0.25) is 0 Å². The number of carbonyl (C=O) groups is 1. The average molecular weight is 380 g/mol. The fourth-order valence-corrected chi connectivity index (χ4v) is 3.24. The summed E-state index contributed by atoms with van der Waals surface area (Å²) in [4.78, 5) is 29.9. The molecule has 2 N–H and O–H groups in total. The quantitative estimate of drug-likeness (QED) is 0.685. The number of pyridine rings is 1. The van der Waals surface area contributed by atoms with Crippen molar-refractivity contribution in [1.82, 2.24) is 9.88 Å². The van der Waals surface area contributed by atoms with Crippen LogP contribution in [0.1, 0.15) is 22.3 Å². The maximum Gasteiger partial charge on any atom is 0.254 e. The van der Waals surface area contributed by atoms with E-state index in [9.17, 15) is 14.7 Å². The van der Waals surface area contributed by atoms with Gasteiger partial charge in [-0.05, 0) is 30.7 Å². The van der Waals surface area contributed by atoms with E-state index in [2.05, 4.69) is 4.98 Å². The second kappa shape index (κ2) is 7.74. The first-order valence-corrected chi connectivity index (χ1v) is 9.06. The number of rotatable bonds is 6. The minimum absolute atomic E-state index is 0.0316. The van der Waals surface area contributed by atoms with Gasteiger partial charge in [0.25, 0.3) is 11.5 Å². The number of aromatic amines is 1. The van der Waals surface area contributed by atoms with Crippen LogP contribution in [-0.2, 0) is 6.54 Å². The van der Waals surface area contributed by atoms with Crippen molar-refractivity contribution in [3.63, 3.8) is 0 Å². The third kappa shape index (κ3) is 3.57. The summed E-state index contributed by atoms with van der Waals surface area (Å²) in [7, 11) is 0. The Hall–Kier alpha value is -3.32. The van der Waals surface area contributed by atoms with Crippen molar-refractivity contribution in [2.75, 3.05) is 19.9 Å². The van der Waals surface area contributed by atoms with Gasteiger partial charge in [-0.3, -0.25) is 9.59 Å². The molecular formula is C21H20N2O5. The first-order valence-electron chi connectivity index (χ1n) is 9.06. The van der Waals surface area contributed by atoms with E-state index in [0.29, 0.717) is 41.1 Å². The molecule has 0 spiro atoms. The van der Waals surface area contributed by atoms with Crippen molar-refractivity contribution in [2.45, 2.75) is 13.0 Å². The average Bonchev–Trinajstić information content (AvgIpc) is 3.17. The van der Waals surface area contributed by atoms with Crippen LogP contribution in [0.25, 0.3) is 10.9 Å². The highest BCUT2D eigenvalue weighted by Gasteiger charge is 2.19. The molecule has 0 radical (unpaired) electrons. The van der Waals surface area contributed by atoms with Crippen LogP contribution in [0.4, 0.5) is 0 Å². The molecule has 1 aliphatic heterocycles. The number of hydrogen-bond donors (Lipinski definition) is 2. The van der Waals surface area contributed by atoms with Gasteiger partial charge in [0, 0.05) is 35.7 Å². The first-order chi connectivity index (χ1) is 13.7. The molecule has 3 aromatic rings. The Kier molecular flexibility index (Phi) is 4.99. The second-order valence-electron chi connectivity index (χ2n) is 6.59. The van der Waals surface area contributed by atoms with Crippen LogP contribution in [0.5, 0.6) is 11.5 Å². The predicted molar refractivity (Wildman–Crippen MR) is 104 cm³/mol. The summed E-state index contributed by atoms with van der Waals surface area (Å²) in [5, 5.41) is 9.99. The normalized spacial score (nSPS) is 12.3. The number of aliphatic hydroxyl groups is 1. The van der Waals surface area contributed by atoms with Gasteiger partial charge in [-0.15, -0.1) is 0 Å².